The van der Waals surface area contributed by atoms with Gasteiger partial charge in [-0.05, 0) is 12.8 Å². The van der Waals surface area contributed by atoms with E-state index < -0.39 is 17.8 Å². The number of nitrogens with one attached hydrogen (secondary N) is 1. The van der Waals surface area contributed by atoms with Gasteiger partial charge in [-0.15, -0.1) is 0 Å². The average Bonchev–Trinajstić information content (AvgIpc) is 2.64. The minimum atomic E-state index is -0.647. The Morgan fingerprint density at radius 3 is 2.44 bits per heavy atom. The SMILES string of the molecule is O=C1C=C(CCCOC(=O)/C=C/C(=O)OCCN2CCOCC2)CC(=O)N1. The van der Waals surface area contributed by atoms with Crippen LogP contribution in [0.3, 0.4) is 0 Å². The molecule has 0 atom stereocenters. The van der Waals surface area contributed by atoms with Gasteiger partial charge in [-0.3, -0.25) is 19.8 Å². The number of hydrogen-bond donors (Lipinski definition) is 1. The van der Waals surface area contributed by atoms with E-state index in [-0.39, 0.29) is 25.5 Å². The monoisotopic (exact) mass is 380 g/mol. The predicted molar refractivity (Wildman–Crippen MR) is 93.4 cm³/mol. The number of carbonyl (C=O) groups is 4. The highest BCUT2D eigenvalue weighted by molar-refractivity contribution is 6.05. The molecule has 0 radical (unpaired) electrons. The second kappa shape index (κ2) is 11.2. The van der Waals surface area contributed by atoms with Gasteiger partial charge in [0.05, 0.1) is 19.8 Å². The molecule has 9 nitrogen and oxygen atoms in total. The predicted octanol–water partition coefficient (Wildman–Crippen LogP) is -0.286. The molecule has 2 heterocycles. The van der Waals surface area contributed by atoms with E-state index in [1.54, 1.807) is 0 Å². The summed E-state index contributed by atoms with van der Waals surface area (Å²) in [4.78, 5) is 47.6. The third kappa shape index (κ3) is 8.61. The summed E-state index contributed by atoms with van der Waals surface area (Å²) < 4.78 is 15.2. The molecular formula is C18H24N2O7. The Bertz CT molecular complexity index is 621. The summed E-state index contributed by atoms with van der Waals surface area (Å²) in [7, 11) is 0. The lowest BCUT2D eigenvalue weighted by Gasteiger charge is -2.25. The molecule has 1 saturated heterocycles. The van der Waals surface area contributed by atoms with Crippen molar-refractivity contribution in [2.75, 3.05) is 46.1 Å². The fraction of sp³-hybridized carbons (Fsp3) is 0.556. The molecule has 2 aliphatic rings. The van der Waals surface area contributed by atoms with Crippen molar-refractivity contribution in [2.24, 2.45) is 0 Å². The van der Waals surface area contributed by atoms with Crippen molar-refractivity contribution in [2.45, 2.75) is 19.3 Å². The van der Waals surface area contributed by atoms with E-state index in [0.717, 1.165) is 25.2 Å². The van der Waals surface area contributed by atoms with Gasteiger partial charge in [0.1, 0.15) is 6.61 Å². The average molecular weight is 380 g/mol. The third-order valence-electron chi connectivity index (χ3n) is 3.98. The van der Waals surface area contributed by atoms with Crippen molar-refractivity contribution in [3.8, 4) is 0 Å². The maximum absolute atomic E-state index is 11.6. The lowest BCUT2D eigenvalue weighted by atomic mass is 10.0. The standard InChI is InChI=1S/C18H24N2O7/c21-15-12-14(13-16(22)19-15)2-1-8-26-17(23)3-4-18(24)27-11-7-20-5-9-25-10-6-20/h3-4,12H,1-2,5-11,13H2,(H,19,21,22)/b4-3+. The van der Waals surface area contributed by atoms with E-state index in [0.29, 0.717) is 38.2 Å². The Balaban J connectivity index is 1.54. The number of nitrogens with zero attached hydrogens (tertiary/aromatic N) is 1. The zero-order valence-electron chi connectivity index (χ0n) is 15.1. The zero-order chi connectivity index (χ0) is 19.5. The molecule has 0 bridgehead atoms. The Labute approximate surface area is 157 Å². The van der Waals surface area contributed by atoms with Gasteiger partial charge >= 0.3 is 11.9 Å². The minimum Gasteiger partial charge on any atom is -0.463 e. The maximum Gasteiger partial charge on any atom is 0.331 e. The molecule has 148 valence electrons. The molecule has 0 aliphatic carbocycles. The number of rotatable bonds is 9. The Morgan fingerprint density at radius 1 is 1.11 bits per heavy atom. The zero-order valence-corrected chi connectivity index (χ0v) is 15.1. The number of hydrogen-bond acceptors (Lipinski definition) is 8. The van der Waals surface area contributed by atoms with Gasteiger partial charge < -0.3 is 14.2 Å². The summed E-state index contributed by atoms with van der Waals surface area (Å²) in [5.74, 6) is -2.00. The molecule has 27 heavy (non-hydrogen) atoms. The molecule has 0 aromatic heterocycles. The normalized spacial score (nSPS) is 18.1. The summed E-state index contributed by atoms with van der Waals surface area (Å²) in [6.45, 7) is 4.00. The van der Waals surface area contributed by atoms with Gasteiger partial charge in [0.15, 0.2) is 0 Å². The van der Waals surface area contributed by atoms with Crippen molar-refractivity contribution >= 4 is 23.8 Å². The fourth-order valence-corrected chi connectivity index (χ4v) is 2.63. The first-order valence-corrected chi connectivity index (χ1v) is 8.88. The topological polar surface area (TPSA) is 111 Å². The number of esters is 2. The lowest BCUT2D eigenvalue weighted by Crippen LogP contribution is -2.38. The van der Waals surface area contributed by atoms with Gasteiger partial charge in [-0.25, -0.2) is 9.59 Å². The fourth-order valence-electron chi connectivity index (χ4n) is 2.63. The summed E-state index contributed by atoms with van der Waals surface area (Å²) >= 11 is 0. The van der Waals surface area contributed by atoms with Crippen LogP contribution in [0.15, 0.2) is 23.8 Å². The van der Waals surface area contributed by atoms with E-state index >= 15 is 0 Å². The van der Waals surface area contributed by atoms with Gasteiger partial charge in [0.2, 0.25) is 5.91 Å². The molecule has 1 N–H and O–H groups in total. The second-order valence-corrected chi connectivity index (χ2v) is 6.12. The Kier molecular flexibility index (Phi) is 8.66. The van der Waals surface area contributed by atoms with Crippen molar-refractivity contribution in [1.82, 2.24) is 10.2 Å². The first kappa shape index (κ1) is 20.8. The highest BCUT2D eigenvalue weighted by atomic mass is 16.5. The van der Waals surface area contributed by atoms with Gasteiger partial charge in [-0.2, -0.15) is 0 Å². The third-order valence-corrected chi connectivity index (χ3v) is 3.98. The molecular weight excluding hydrogens is 356 g/mol. The first-order valence-electron chi connectivity index (χ1n) is 8.88. The largest absolute Gasteiger partial charge is 0.463 e. The van der Waals surface area contributed by atoms with Crippen LogP contribution < -0.4 is 5.32 Å². The summed E-state index contributed by atoms with van der Waals surface area (Å²) in [6.07, 6.45) is 4.59. The highest BCUT2D eigenvalue weighted by Crippen LogP contribution is 2.13. The smallest absolute Gasteiger partial charge is 0.331 e. The molecule has 2 rings (SSSR count). The molecule has 2 amide bonds. The van der Waals surface area contributed by atoms with E-state index in [1.807, 2.05) is 0 Å². The van der Waals surface area contributed by atoms with Crippen molar-refractivity contribution in [3.05, 3.63) is 23.8 Å². The molecule has 0 aromatic carbocycles. The van der Waals surface area contributed by atoms with Crippen LogP contribution in [0.25, 0.3) is 0 Å². The van der Waals surface area contributed by atoms with E-state index in [9.17, 15) is 19.2 Å². The van der Waals surface area contributed by atoms with Crippen LogP contribution in [0.5, 0.6) is 0 Å². The Hall–Kier alpha value is -2.52. The molecule has 0 spiro atoms. The van der Waals surface area contributed by atoms with Crippen LogP contribution in [-0.2, 0) is 33.4 Å². The number of morpholine rings is 1. The van der Waals surface area contributed by atoms with Crippen LogP contribution in [0.4, 0.5) is 0 Å². The number of carbonyl (C=O) groups excluding carboxylic acids is 4. The summed E-state index contributed by atoms with van der Waals surface area (Å²) in [6, 6.07) is 0. The minimum absolute atomic E-state index is 0.127. The van der Waals surface area contributed by atoms with E-state index in [1.165, 1.54) is 6.08 Å². The quantitative estimate of drug-likeness (QED) is 0.252. The van der Waals surface area contributed by atoms with Crippen molar-refractivity contribution in [1.29, 1.82) is 0 Å². The number of ether oxygens (including phenoxy) is 3. The van der Waals surface area contributed by atoms with Crippen molar-refractivity contribution < 1.29 is 33.4 Å². The molecule has 0 aromatic rings. The van der Waals surface area contributed by atoms with E-state index in [4.69, 9.17) is 14.2 Å². The van der Waals surface area contributed by atoms with Gasteiger partial charge in [0.25, 0.3) is 5.91 Å². The Morgan fingerprint density at radius 2 is 1.78 bits per heavy atom. The summed E-state index contributed by atoms with van der Waals surface area (Å²) in [5, 5.41) is 2.18. The van der Waals surface area contributed by atoms with Crippen LogP contribution in [0, 0.1) is 0 Å². The maximum atomic E-state index is 11.6. The summed E-state index contributed by atoms with van der Waals surface area (Å²) in [5.41, 5.74) is 0.708. The van der Waals surface area contributed by atoms with Crippen LogP contribution in [-0.4, -0.2) is 74.7 Å². The second-order valence-electron chi connectivity index (χ2n) is 6.12. The number of imide groups is 1. The highest BCUT2D eigenvalue weighted by Gasteiger charge is 2.15. The lowest BCUT2D eigenvalue weighted by molar-refractivity contribution is -0.140. The van der Waals surface area contributed by atoms with Crippen LogP contribution in [0.2, 0.25) is 0 Å². The molecule has 1 fully saturated rings. The van der Waals surface area contributed by atoms with Crippen molar-refractivity contribution in [3.63, 3.8) is 0 Å². The number of amides is 2. The first-order chi connectivity index (χ1) is 13.0. The van der Waals surface area contributed by atoms with Gasteiger partial charge in [-0.1, -0.05) is 5.57 Å². The van der Waals surface area contributed by atoms with Crippen LogP contribution >= 0.6 is 0 Å². The van der Waals surface area contributed by atoms with Gasteiger partial charge in [0, 0.05) is 44.3 Å². The molecule has 2 aliphatic heterocycles. The van der Waals surface area contributed by atoms with Crippen LogP contribution in [0.1, 0.15) is 19.3 Å². The molecule has 9 heteroatoms. The molecule has 0 saturated carbocycles. The molecule has 0 unspecified atom stereocenters. The van der Waals surface area contributed by atoms with E-state index in [2.05, 4.69) is 10.2 Å².